The van der Waals surface area contributed by atoms with Crippen LogP contribution in [-0.2, 0) is 0 Å². The molecule has 1 aromatic rings. The summed E-state index contributed by atoms with van der Waals surface area (Å²) in [6, 6.07) is 3.85. The molecule has 0 saturated carbocycles. The quantitative estimate of drug-likeness (QED) is 0.900. The van der Waals surface area contributed by atoms with E-state index in [1.54, 1.807) is 0 Å². The molecule has 1 aliphatic heterocycles. The van der Waals surface area contributed by atoms with Gasteiger partial charge in [0.15, 0.2) is 0 Å². The first-order valence-electron chi connectivity index (χ1n) is 6.22. The molecule has 1 N–H and O–H groups in total. The number of hydrogen-bond donors (Lipinski definition) is 1. The highest BCUT2D eigenvalue weighted by Gasteiger charge is 2.18. The number of hydrogen-bond acceptors (Lipinski definition) is 2. The van der Waals surface area contributed by atoms with Gasteiger partial charge in [-0.15, -0.1) is 0 Å². The SMILES string of the molecule is CC[C@@H](F)c1cc(N2CCNCC2)cc(Br)c1Cl. The lowest BCUT2D eigenvalue weighted by Crippen LogP contribution is -2.43. The van der Waals surface area contributed by atoms with E-state index in [0.29, 0.717) is 17.0 Å². The average Bonchev–Trinajstić information content (AvgIpc) is 2.41. The van der Waals surface area contributed by atoms with Crippen LogP contribution in [0.4, 0.5) is 10.1 Å². The summed E-state index contributed by atoms with van der Waals surface area (Å²) in [5.74, 6) is 0. The number of benzene rings is 1. The zero-order valence-corrected chi connectivity index (χ0v) is 12.7. The van der Waals surface area contributed by atoms with E-state index < -0.39 is 6.17 Å². The molecular formula is C13H17BrClFN2. The summed E-state index contributed by atoms with van der Waals surface area (Å²) in [5, 5.41) is 3.79. The Morgan fingerprint density at radius 1 is 1.44 bits per heavy atom. The standard InChI is InChI=1S/C13H17BrClFN2/c1-2-12(16)10-7-9(8-11(14)13(10)15)18-5-3-17-4-6-18/h7-8,12,17H,2-6H2,1H3/t12-/m1/s1. The molecule has 1 heterocycles. The first-order valence-corrected chi connectivity index (χ1v) is 7.39. The third-order valence-electron chi connectivity index (χ3n) is 3.22. The molecule has 5 heteroatoms. The van der Waals surface area contributed by atoms with E-state index in [2.05, 4.69) is 26.1 Å². The van der Waals surface area contributed by atoms with Crippen molar-refractivity contribution in [2.24, 2.45) is 0 Å². The monoisotopic (exact) mass is 334 g/mol. The van der Waals surface area contributed by atoms with Crippen LogP contribution in [0.3, 0.4) is 0 Å². The van der Waals surface area contributed by atoms with Gasteiger partial charge in [-0.3, -0.25) is 0 Å². The fourth-order valence-corrected chi connectivity index (χ4v) is 2.84. The van der Waals surface area contributed by atoms with Crippen LogP contribution in [0.2, 0.25) is 5.02 Å². The average molecular weight is 336 g/mol. The third-order valence-corrected chi connectivity index (χ3v) is 4.49. The molecule has 100 valence electrons. The van der Waals surface area contributed by atoms with Gasteiger partial charge >= 0.3 is 0 Å². The number of nitrogens with zero attached hydrogens (tertiary/aromatic N) is 1. The maximum atomic E-state index is 13.9. The van der Waals surface area contributed by atoms with Crippen LogP contribution in [-0.4, -0.2) is 26.2 Å². The summed E-state index contributed by atoms with van der Waals surface area (Å²) < 4.78 is 14.7. The van der Waals surface area contributed by atoms with Crippen LogP contribution in [0.15, 0.2) is 16.6 Å². The summed E-state index contributed by atoms with van der Waals surface area (Å²) in [6.45, 7) is 5.63. The van der Waals surface area contributed by atoms with E-state index in [-0.39, 0.29) is 0 Å². The van der Waals surface area contributed by atoms with Crippen molar-refractivity contribution in [2.75, 3.05) is 31.1 Å². The van der Waals surface area contributed by atoms with E-state index in [4.69, 9.17) is 11.6 Å². The van der Waals surface area contributed by atoms with E-state index >= 15 is 0 Å². The van der Waals surface area contributed by atoms with E-state index in [1.807, 2.05) is 19.1 Å². The Labute approximate surface area is 121 Å². The Morgan fingerprint density at radius 3 is 2.72 bits per heavy atom. The molecule has 0 amide bonds. The molecule has 1 atom stereocenters. The molecular weight excluding hydrogens is 319 g/mol. The smallest absolute Gasteiger partial charge is 0.126 e. The molecule has 1 aromatic carbocycles. The predicted octanol–water partition coefficient (Wildman–Crippen LogP) is 3.93. The maximum absolute atomic E-state index is 13.9. The first-order chi connectivity index (χ1) is 8.63. The van der Waals surface area contributed by atoms with Crippen molar-refractivity contribution in [2.45, 2.75) is 19.5 Å². The maximum Gasteiger partial charge on any atom is 0.126 e. The Hall–Kier alpha value is -0.320. The molecule has 1 aliphatic rings. The summed E-state index contributed by atoms with van der Waals surface area (Å²) in [5.41, 5.74) is 1.63. The molecule has 2 rings (SSSR count). The van der Waals surface area contributed by atoms with Crippen LogP contribution >= 0.6 is 27.5 Å². The van der Waals surface area contributed by atoms with Crippen molar-refractivity contribution in [1.82, 2.24) is 5.32 Å². The van der Waals surface area contributed by atoms with Crippen molar-refractivity contribution in [3.63, 3.8) is 0 Å². The normalized spacial score (nSPS) is 17.9. The van der Waals surface area contributed by atoms with Gasteiger partial charge in [0.25, 0.3) is 0 Å². The molecule has 1 fully saturated rings. The van der Waals surface area contributed by atoms with E-state index in [9.17, 15) is 4.39 Å². The molecule has 0 unspecified atom stereocenters. The highest BCUT2D eigenvalue weighted by atomic mass is 79.9. The number of piperazine rings is 1. The number of halogens is 3. The number of anilines is 1. The third kappa shape index (κ3) is 2.98. The van der Waals surface area contributed by atoms with E-state index in [0.717, 1.165) is 36.3 Å². The largest absolute Gasteiger partial charge is 0.369 e. The van der Waals surface area contributed by atoms with Gasteiger partial charge in [-0.25, -0.2) is 4.39 Å². The second-order valence-electron chi connectivity index (χ2n) is 4.44. The zero-order valence-electron chi connectivity index (χ0n) is 10.3. The highest BCUT2D eigenvalue weighted by molar-refractivity contribution is 9.10. The lowest BCUT2D eigenvalue weighted by molar-refractivity contribution is 0.334. The molecule has 1 saturated heterocycles. The Kier molecular flexibility index (Phi) is 4.87. The van der Waals surface area contributed by atoms with Crippen LogP contribution in [0, 0.1) is 0 Å². The molecule has 0 aromatic heterocycles. The van der Waals surface area contributed by atoms with Crippen LogP contribution in [0.5, 0.6) is 0 Å². The van der Waals surface area contributed by atoms with Gasteiger partial charge in [0, 0.05) is 41.9 Å². The Bertz CT molecular complexity index is 422. The van der Waals surface area contributed by atoms with Gasteiger partial charge < -0.3 is 10.2 Å². The molecule has 0 aliphatic carbocycles. The van der Waals surface area contributed by atoms with Gasteiger partial charge in [-0.2, -0.15) is 0 Å². The van der Waals surface area contributed by atoms with Gasteiger partial charge in [0.1, 0.15) is 6.17 Å². The summed E-state index contributed by atoms with van der Waals surface area (Å²) >= 11 is 9.58. The lowest BCUT2D eigenvalue weighted by Gasteiger charge is -2.30. The topological polar surface area (TPSA) is 15.3 Å². The van der Waals surface area contributed by atoms with Crippen molar-refractivity contribution in [3.8, 4) is 0 Å². The van der Waals surface area contributed by atoms with Crippen molar-refractivity contribution in [1.29, 1.82) is 0 Å². The predicted molar refractivity (Wildman–Crippen MR) is 78.4 cm³/mol. The Balaban J connectivity index is 2.33. The molecule has 18 heavy (non-hydrogen) atoms. The highest BCUT2D eigenvalue weighted by Crippen LogP contribution is 2.37. The molecule has 0 bridgehead atoms. The number of rotatable bonds is 3. The summed E-state index contributed by atoms with van der Waals surface area (Å²) in [7, 11) is 0. The Morgan fingerprint density at radius 2 is 2.11 bits per heavy atom. The summed E-state index contributed by atoms with van der Waals surface area (Å²) in [6.07, 6.45) is -0.561. The fourth-order valence-electron chi connectivity index (χ4n) is 2.15. The van der Waals surface area contributed by atoms with Gasteiger partial charge in [-0.1, -0.05) is 18.5 Å². The van der Waals surface area contributed by atoms with Crippen LogP contribution in [0.1, 0.15) is 25.1 Å². The minimum atomic E-state index is -1.00. The fraction of sp³-hybridized carbons (Fsp3) is 0.538. The van der Waals surface area contributed by atoms with Crippen LogP contribution < -0.4 is 10.2 Å². The second kappa shape index (κ2) is 6.22. The number of alkyl halides is 1. The molecule has 0 radical (unpaired) electrons. The molecule has 0 spiro atoms. The van der Waals surface area contributed by atoms with Crippen molar-refractivity contribution >= 4 is 33.2 Å². The van der Waals surface area contributed by atoms with Gasteiger partial charge in [0.2, 0.25) is 0 Å². The van der Waals surface area contributed by atoms with Crippen LogP contribution in [0.25, 0.3) is 0 Å². The zero-order chi connectivity index (χ0) is 13.1. The number of nitrogens with one attached hydrogen (secondary N) is 1. The van der Waals surface area contributed by atoms with Crippen molar-refractivity contribution in [3.05, 3.63) is 27.2 Å². The second-order valence-corrected chi connectivity index (χ2v) is 5.68. The minimum absolute atomic E-state index is 0.442. The summed E-state index contributed by atoms with van der Waals surface area (Å²) in [4.78, 5) is 2.25. The van der Waals surface area contributed by atoms with Gasteiger partial charge in [0.05, 0.1) is 5.02 Å². The molecule has 2 nitrogen and oxygen atoms in total. The lowest BCUT2D eigenvalue weighted by atomic mass is 10.1. The van der Waals surface area contributed by atoms with E-state index in [1.165, 1.54) is 0 Å². The first kappa shape index (κ1) is 14.1. The van der Waals surface area contributed by atoms with Crippen molar-refractivity contribution < 1.29 is 4.39 Å². The minimum Gasteiger partial charge on any atom is -0.369 e. The van der Waals surface area contributed by atoms with Gasteiger partial charge in [-0.05, 0) is 34.5 Å².